The lowest BCUT2D eigenvalue weighted by Crippen LogP contribution is -2.63. The Morgan fingerprint density at radius 1 is 0.783 bits per heavy atom. The molecule has 0 aliphatic rings. The molecule has 0 amide bonds. The molecule has 0 fully saturated rings. The van der Waals surface area contributed by atoms with Gasteiger partial charge in [-0.3, -0.25) is 4.79 Å². The third-order valence-corrected chi connectivity index (χ3v) is 3.14. The first kappa shape index (κ1) is 19.3. The quantitative estimate of drug-likeness (QED) is 0.553. The minimum Gasteiger partial charge on any atom is -0.287 e. The number of halogens is 9. The van der Waals surface area contributed by atoms with E-state index in [0.717, 1.165) is 26.0 Å². The Balaban J connectivity index is 3.49. The average Bonchev–Trinajstić information content (AvgIpc) is 2.36. The van der Waals surface area contributed by atoms with Crippen molar-refractivity contribution in [1.82, 2.24) is 0 Å². The van der Waals surface area contributed by atoms with Crippen molar-refractivity contribution >= 4 is 5.78 Å². The van der Waals surface area contributed by atoms with E-state index < -0.39 is 35.3 Å². The molecule has 1 rings (SSSR count). The van der Waals surface area contributed by atoms with Crippen molar-refractivity contribution in [1.29, 1.82) is 0 Å². The van der Waals surface area contributed by atoms with E-state index in [4.69, 9.17) is 0 Å². The summed E-state index contributed by atoms with van der Waals surface area (Å²) in [4.78, 5) is 11.6. The van der Waals surface area contributed by atoms with Crippen LogP contribution in [0.3, 0.4) is 0 Å². The summed E-state index contributed by atoms with van der Waals surface area (Å²) >= 11 is 0. The Labute approximate surface area is 124 Å². The Kier molecular flexibility index (Phi) is 4.54. The smallest absolute Gasteiger partial charge is 0.287 e. The van der Waals surface area contributed by atoms with E-state index in [9.17, 15) is 44.3 Å². The molecule has 1 nitrogen and oxygen atoms in total. The minimum atomic E-state index is -7.09. The molecule has 0 spiro atoms. The van der Waals surface area contributed by atoms with Crippen LogP contribution in [0.2, 0.25) is 0 Å². The fourth-order valence-electron chi connectivity index (χ4n) is 1.85. The van der Waals surface area contributed by atoms with Gasteiger partial charge in [0.1, 0.15) is 0 Å². The fourth-order valence-corrected chi connectivity index (χ4v) is 1.85. The van der Waals surface area contributed by atoms with Gasteiger partial charge in [-0.25, -0.2) is 0 Å². The van der Waals surface area contributed by atoms with Gasteiger partial charge in [0.15, 0.2) is 0 Å². The molecule has 0 unspecified atom stereocenters. The molecule has 0 saturated carbocycles. The lowest BCUT2D eigenvalue weighted by atomic mass is 9.91. The van der Waals surface area contributed by atoms with Crippen molar-refractivity contribution in [3.63, 3.8) is 0 Å². The van der Waals surface area contributed by atoms with Crippen LogP contribution in [0.25, 0.3) is 0 Å². The van der Waals surface area contributed by atoms with Gasteiger partial charge in [0, 0.05) is 5.56 Å². The number of benzene rings is 1. The molecule has 0 atom stereocenters. The molecule has 0 heterocycles. The van der Waals surface area contributed by atoms with Crippen LogP contribution in [0.15, 0.2) is 18.2 Å². The van der Waals surface area contributed by atoms with Gasteiger partial charge in [0.2, 0.25) is 5.78 Å². The summed E-state index contributed by atoms with van der Waals surface area (Å²) < 4.78 is 115. The van der Waals surface area contributed by atoms with Crippen molar-refractivity contribution in [2.24, 2.45) is 0 Å². The van der Waals surface area contributed by atoms with E-state index >= 15 is 0 Å². The SMILES string of the molecule is Cc1cccc(C)c1C(=O)C(F)(F)C(F)(F)C(F)(F)C(F)(F)F. The topological polar surface area (TPSA) is 17.1 Å². The molecule has 0 bridgehead atoms. The van der Waals surface area contributed by atoms with Crippen LogP contribution in [0.1, 0.15) is 21.5 Å². The molecular weight excluding hydrogens is 343 g/mol. The van der Waals surface area contributed by atoms with Crippen LogP contribution in [-0.2, 0) is 0 Å². The van der Waals surface area contributed by atoms with Crippen LogP contribution < -0.4 is 0 Å². The second kappa shape index (κ2) is 5.41. The molecule has 10 heteroatoms. The van der Waals surface area contributed by atoms with E-state index in [-0.39, 0.29) is 11.1 Å². The molecule has 0 N–H and O–H groups in total. The van der Waals surface area contributed by atoms with E-state index in [1.165, 1.54) is 6.07 Å². The zero-order chi connectivity index (χ0) is 18.4. The molecule has 0 aliphatic carbocycles. The molecule has 0 aromatic heterocycles. The number of alkyl halides is 9. The van der Waals surface area contributed by atoms with E-state index in [1.54, 1.807) is 0 Å². The predicted octanol–water partition coefficient (Wildman–Crippen LogP) is 4.95. The number of carbonyl (C=O) groups excluding carboxylic acids is 1. The lowest BCUT2D eigenvalue weighted by molar-refractivity contribution is -0.386. The summed E-state index contributed by atoms with van der Waals surface area (Å²) in [7, 11) is 0. The number of hydrogen-bond acceptors (Lipinski definition) is 1. The van der Waals surface area contributed by atoms with Gasteiger partial charge in [-0.1, -0.05) is 18.2 Å². The van der Waals surface area contributed by atoms with E-state index in [2.05, 4.69) is 0 Å². The second-order valence-electron chi connectivity index (χ2n) is 4.82. The van der Waals surface area contributed by atoms with E-state index in [1.807, 2.05) is 0 Å². The lowest BCUT2D eigenvalue weighted by Gasteiger charge is -2.33. The number of hydrogen-bond donors (Lipinski definition) is 0. The van der Waals surface area contributed by atoms with Crippen molar-refractivity contribution in [2.75, 3.05) is 0 Å². The third-order valence-electron chi connectivity index (χ3n) is 3.14. The van der Waals surface area contributed by atoms with Crippen molar-refractivity contribution in [3.05, 3.63) is 34.9 Å². The van der Waals surface area contributed by atoms with Crippen LogP contribution >= 0.6 is 0 Å². The molecule has 23 heavy (non-hydrogen) atoms. The highest BCUT2D eigenvalue weighted by Gasteiger charge is 2.83. The predicted molar refractivity (Wildman–Crippen MR) is 61.1 cm³/mol. The van der Waals surface area contributed by atoms with Crippen molar-refractivity contribution < 1.29 is 44.3 Å². The first-order valence-corrected chi connectivity index (χ1v) is 5.90. The molecule has 1 aromatic carbocycles. The van der Waals surface area contributed by atoms with Gasteiger partial charge >= 0.3 is 23.9 Å². The Morgan fingerprint density at radius 2 is 1.17 bits per heavy atom. The largest absolute Gasteiger partial charge is 0.460 e. The maximum atomic E-state index is 13.6. The molecule has 130 valence electrons. The monoisotopic (exact) mass is 352 g/mol. The number of carbonyl (C=O) groups is 1. The standard InChI is InChI=1S/C13H9F9O/c1-6-4-3-5-7(2)8(6)9(23)10(14,15)11(16,17)12(18,19)13(20,21)22/h3-5H,1-2H3. The number of ketones is 1. The van der Waals surface area contributed by atoms with Crippen molar-refractivity contribution in [2.45, 2.75) is 37.8 Å². The summed E-state index contributed by atoms with van der Waals surface area (Å²) in [5, 5.41) is 0. The highest BCUT2D eigenvalue weighted by Crippen LogP contribution is 2.54. The summed E-state index contributed by atoms with van der Waals surface area (Å²) in [5.41, 5.74) is -1.56. The summed E-state index contributed by atoms with van der Waals surface area (Å²) in [6.45, 7) is 2.10. The van der Waals surface area contributed by atoms with Crippen molar-refractivity contribution in [3.8, 4) is 0 Å². The Hall–Kier alpha value is -1.74. The molecule has 0 saturated heterocycles. The van der Waals surface area contributed by atoms with Crippen LogP contribution in [0.4, 0.5) is 39.5 Å². The molecular formula is C13H9F9O. The highest BCUT2D eigenvalue weighted by atomic mass is 19.4. The maximum Gasteiger partial charge on any atom is 0.460 e. The van der Waals surface area contributed by atoms with Gasteiger partial charge in [-0.2, -0.15) is 39.5 Å². The summed E-state index contributed by atoms with van der Waals surface area (Å²) in [6.07, 6.45) is -6.96. The summed E-state index contributed by atoms with van der Waals surface area (Å²) in [5.74, 6) is -23.1. The van der Waals surface area contributed by atoms with Gasteiger partial charge < -0.3 is 0 Å². The highest BCUT2D eigenvalue weighted by molar-refractivity contribution is 6.04. The van der Waals surface area contributed by atoms with Gasteiger partial charge in [0.05, 0.1) is 0 Å². The van der Waals surface area contributed by atoms with Crippen LogP contribution in [-0.4, -0.2) is 29.7 Å². The van der Waals surface area contributed by atoms with Gasteiger partial charge in [-0.15, -0.1) is 0 Å². The first-order valence-electron chi connectivity index (χ1n) is 5.90. The van der Waals surface area contributed by atoms with Gasteiger partial charge in [0.25, 0.3) is 0 Å². The minimum absolute atomic E-state index is 0.263. The normalized spacial score (nSPS) is 14.0. The third kappa shape index (κ3) is 2.78. The molecule has 0 radical (unpaired) electrons. The zero-order valence-corrected chi connectivity index (χ0v) is 11.5. The Morgan fingerprint density at radius 3 is 1.52 bits per heavy atom. The fraction of sp³-hybridized carbons (Fsp3) is 0.462. The average molecular weight is 352 g/mol. The second-order valence-corrected chi connectivity index (χ2v) is 4.82. The summed E-state index contributed by atoms with van der Waals surface area (Å²) in [6, 6.07) is 3.37. The maximum absolute atomic E-state index is 13.6. The van der Waals surface area contributed by atoms with Crippen LogP contribution in [0.5, 0.6) is 0 Å². The van der Waals surface area contributed by atoms with E-state index in [0.29, 0.717) is 0 Å². The number of aryl methyl sites for hydroxylation is 2. The number of Topliss-reactive ketones (excluding diaryl/α,β-unsaturated/α-hetero) is 1. The molecule has 0 aliphatic heterocycles. The Bertz CT molecular complexity index is 596. The van der Waals surface area contributed by atoms with Gasteiger partial charge in [-0.05, 0) is 25.0 Å². The first-order chi connectivity index (χ1) is 10.1. The molecule has 1 aromatic rings. The zero-order valence-electron chi connectivity index (χ0n) is 11.5. The number of rotatable bonds is 4. The van der Waals surface area contributed by atoms with Crippen LogP contribution in [0, 0.1) is 13.8 Å².